The molecule has 1 heterocycles. The second-order valence-corrected chi connectivity index (χ2v) is 6.70. The maximum Gasteiger partial charge on any atom is 0.307 e. The third-order valence-electron chi connectivity index (χ3n) is 3.19. The Hall–Kier alpha value is -1.31. The first kappa shape index (κ1) is 15.1. The molecular weight excluding hydrogens is 304 g/mol. The zero-order valence-corrected chi connectivity index (χ0v) is 12.2. The van der Waals surface area contributed by atoms with Gasteiger partial charge in [-0.2, -0.15) is 12.7 Å². The molecule has 20 heavy (non-hydrogen) atoms. The Balaban J connectivity index is 2.14. The van der Waals surface area contributed by atoms with Crippen molar-refractivity contribution < 1.29 is 18.3 Å². The summed E-state index contributed by atoms with van der Waals surface area (Å²) in [6.45, 7) is 0.290. The first-order valence-corrected chi connectivity index (χ1v) is 7.97. The Morgan fingerprint density at radius 1 is 1.40 bits per heavy atom. The van der Waals surface area contributed by atoms with Gasteiger partial charge in [0.25, 0.3) is 0 Å². The van der Waals surface area contributed by atoms with Gasteiger partial charge in [-0.3, -0.25) is 9.52 Å². The van der Waals surface area contributed by atoms with Crippen LogP contribution in [0.1, 0.15) is 12.8 Å². The smallest absolute Gasteiger partial charge is 0.307 e. The fraction of sp³-hybridized carbons (Fsp3) is 0.417. The summed E-state index contributed by atoms with van der Waals surface area (Å²) in [6.07, 6.45) is 1.02. The molecule has 2 N–H and O–H groups in total. The minimum atomic E-state index is -3.79. The number of hydrogen-bond donors (Lipinski definition) is 2. The lowest BCUT2D eigenvalue weighted by Gasteiger charge is -2.30. The molecule has 8 heteroatoms. The number of carboxylic acid groups (broad SMARTS) is 1. The van der Waals surface area contributed by atoms with E-state index in [9.17, 15) is 13.2 Å². The van der Waals surface area contributed by atoms with Crippen molar-refractivity contribution in [3.63, 3.8) is 0 Å². The standard InChI is InChI=1S/C12H15ClN2O4S/c13-10-5-1-2-6-11(10)14-20(18,19)15-7-3-4-9(8-15)12(16)17/h1-2,5-6,9,14H,3-4,7-8H2,(H,16,17). The van der Waals surface area contributed by atoms with Gasteiger partial charge in [0, 0.05) is 13.1 Å². The van der Waals surface area contributed by atoms with Gasteiger partial charge in [0.05, 0.1) is 16.6 Å². The lowest BCUT2D eigenvalue weighted by atomic mass is 10.0. The molecule has 1 aliphatic rings. The number of rotatable bonds is 4. The summed E-state index contributed by atoms with van der Waals surface area (Å²) in [5, 5.41) is 9.29. The van der Waals surface area contributed by atoms with Crippen LogP contribution in [0.2, 0.25) is 5.02 Å². The molecule has 110 valence electrons. The molecule has 1 fully saturated rings. The molecule has 1 unspecified atom stereocenters. The summed E-state index contributed by atoms with van der Waals surface area (Å²) in [6, 6.07) is 6.50. The number of nitrogens with zero attached hydrogens (tertiary/aromatic N) is 1. The van der Waals surface area contributed by atoms with Crippen LogP contribution >= 0.6 is 11.6 Å². The van der Waals surface area contributed by atoms with E-state index in [-0.39, 0.29) is 12.2 Å². The zero-order chi connectivity index (χ0) is 14.8. The molecule has 6 nitrogen and oxygen atoms in total. The highest BCUT2D eigenvalue weighted by Gasteiger charge is 2.32. The SMILES string of the molecule is O=C(O)C1CCCN(S(=O)(=O)Nc2ccccc2Cl)C1. The highest BCUT2D eigenvalue weighted by Crippen LogP contribution is 2.25. The average molecular weight is 319 g/mol. The van der Waals surface area contributed by atoms with Crippen LogP contribution < -0.4 is 4.72 Å². The van der Waals surface area contributed by atoms with Crippen molar-refractivity contribution in [2.75, 3.05) is 17.8 Å². The molecule has 1 saturated heterocycles. The number of hydrogen-bond acceptors (Lipinski definition) is 3. The molecule has 0 bridgehead atoms. The number of carbonyl (C=O) groups is 1. The largest absolute Gasteiger partial charge is 0.481 e. The lowest BCUT2D eigenvalue weighted by molar-refractivity contribution is -0.142. The second-order valence-electron chi connectivity index (χ2n) is 4.62. The number of carboxylic acids is 1. The fourth-order valence-electron chi connectivity index (χ4n) is 2.11. The number of piperidine rings is 1. The highest BCUT2D eigenvalue weighted by atomic mass is 35.5. The van der Waals surface area contributed by atoms with Crippen LogP contribution in [0.4, 0.5) is 5.69 Å². The summed E-state index contributed by atoms with van der Waals surface area (Å²) in [5.74, 6) is -1.63. The summed E-state index contributed by atoms with van der Waals surface area (Å²) in [5.41, 5.74) is 0.284. The Labute approximate surface area is 122 Å². The molecule has 0 aromatic heterocycles. The topological polar surface area (TPSA) is 86.7 Å². The average Bonchev–Trinajstić information content (AvgIpc) is 2.41. The van der Waals surface area contributed by atoms with E-state index < -0.39 is 22.1 Å². The Bertz CT molecular complexity index is 605. The van der Waals surface area contributed by atoms with E-state index >= 15 is 0 Å². The van der Waals surface area contributed by atoms with Gasteiger partial charge in [-0.05, 0) is 25.0 Å². The summed E-state index contributed by atoms with van der Waals surface area (Å²) in [4.78, 5) is 11.0. The molecule has 0 amide bonds. The number of aliphatic carboxylic acids is 1. The molecule has 2 rings (SSSR count). The predicted molar refractivity (Wildman–Crippen MR) is 75.9 cm³/mol. The number of halogens is 1. The van der Waals surface area contributed by atoms with Gasteiger partial charge < -0.3 is 5.11 Å². The molecule has 1 aliphatic heterocycles. The van der Waals surface area contributed by atoms with Crippen molar-refractivity contribution in [1.82, 2.24) is 4.31 Å². The van der Waals surface area contributed by atoms with Crippen LogP contribution in [0.15, 0.2) is 24.3 Å². The number of nitrogens with one attached hydrogen (secondary N) is 1. The van der Waals surface area contributed by atoms with Crippen molar-refractivity contribution >= 4 is 33.5 Å². The molecular formula is C12H15ClN2O4S. The Morgan fingerprint density at radius 2 is 2.10 bits per heavy atom. The van der Waals surface area contributed by atoms with E-state index in [4.69, 9.17) is 16.7 Å². The quantitative estimate of drug-likeness (QED) is 0.886. The lowest BCUT2D eigenvalue weighted by Crippen LogP contribution is -2.44. The van der Waals surface area contributed by atoms with E-state index in [1.54, 1.807) is 24.3 Å². The normalized spacial score (nSPS) is 20.6. The van der Waals surface area contributed by atoms with Gasteiger partial charge >= 0.3 is 16.2 Å². The van der Waals surface area contributed by atoms with Gasteiger partial charge in [0.2, 0.25) is 0 Å². The first-order valence-electron chi connectivity index (χ1n) is 6.15. The summed E-state index contributed by atoms with van der Waals surface area (Å²) in [7, 11) is -3.79. The van der Waals surface area contributed by atoms with Crippen LogP contribution in [0, 0.1) is 5.92 Å². The maximum absolute atomic E-state index is 12.2. The molecule has 0 spiro atoms. The maximum atomic E-state index is 12.2. The van der Waals surface area contributed by atoms with Crippen molar-refractivity contribution in [2.45, 2.75) is 12.8 Å². The van der Waals surface area contributed by atoms with Crippen molar-refractivity contribution in [3.8, 4) is 0 Å². The molecule has 0 radical (unpaired) electrons. The first-order chi connectivity index (χ1) is 9.40. The van der Waals surface area contributed by atoms with Gasteiger partial charge in [-0.25, -0.2) is 0 Å². The van der Waals surface area contributed by atoms with Crippen LogP contribution in [-0.2, 0) is 15.0 Å². The number of para-hydroxylation sites is 1. The van der Waals surface area contributed by atoms with Gasteiger partial charge in [-0.1, -0.05) is 23.7 Å². The third-order valence-corrected chi connectivity index (χ3v) is 5.01. The van der Waals surface area contributed by atoms with E-state index in [1.165, 1.54) is 0 Å². The van der Waals surface area contributed by atoms with E-state index in [2.05, 4.69) is 4.72 Å². The Morgan fingerprint density at radius 3 is 2.75 bits per heavy atom. The van der Waals surface area contributed by atoms with Crippen LogP contribution in [0.25, 0.3) is 0 Å². The molecule has 1 aromatic carbocycles. The van der Waals surface area contributed by atoms with E-state index in [1.807, 2.05) is 0 Å². The molecule has 0 saturated carbocycles. The highest BCUT2D eigenvalue weighted by molar-refractivity contribution is 7.90. The number of benzene rings is 1. The summed E-state index contributed by atoms with van der Waals surface area (Å²) < 4.78 is 28.0. The Kier molecular flexibility index (Phi) is 4.52. The summed E-state index contributed by atoms with van der Waals surface area (Å²) >= 11 is 5.91. The van der Waals surface area contributed by atoms with Gasteiger partial charge in [-0.15, -0.1) is 0 Å². The van der Waals surface area contributed by atoms with Crippen molar-refractivity contribution in [3.05, 3.63) is 29.3 Å². The van der Waals surface area contributed by atoms with Crippen LogP contribution in [0.3, 0.4) is 0 Å². The molecule has 1 aromatic rings. The second kappa shape index (κ2) is 5.99. The van der Waals surface area contributed by atoms with Crippen LogP contribution in [0.5, 0.6) is 0 Å². The van der Waals surface area contributed by atoms with E-state index in [0.717, 1.165) is 4.31 Å². The molecule has 1 atom stereocenters. The monoisotopic (exact) mass is 318 g/mol. The minimum Gasteiger partial charge on any atom is -0.481 e. The fourth-order valence-corrected chi connectivity index (χ4v) is 3.68. The number of anilines is 1. The minimum absolute atomic E-state index is 0.0187. The van der Waals surface area contributed by atoms with Crippen molar-refractivity contribution in [1.29, 1.82) is 0 Å². The van der Waals surface area contributed by atoms with Gasteiger partial charge in [0.1, 0.15) is 0 Å². The van der Waals surface area contributed by atoms with Gasteiger partial charge in [0.15, 0.2) is 0 Å². The zero-order valence-electron chi connectivity index (χ0n) is 10.6. The third kappa shape index (κ3) is 3.41. The molecule has 0 aliphatic carbocycles. The van der Waals surface area contributed by atoms with Crippen LogP contribution in [-0.4, -0.2) is 36.9 Å². The predicted octanol–water partition coefficient (Wildman–Crippen LogP) is 1.79. The van der Waals surface area contributed by atoms with Crippen molar-refractivity contribution in [2.24, 2.45) is 5.92 Å². The van der Waals surface area contributed by atoms with E-state index in [0.29, 0.717) is 24.4 Å².